The summed E-state index contributed by atoms with van der Waals surface area (Å²) in [5, 5.41) is 4.06. The lowest BCUT2D eigenvalue weighted by molar-refractivity contribution is -0.134. The van der Waals surface area contributed by atoms with E-state index in [2.05, 4.69) is 5.10 Å². The van der Waals surface area contributed by atoms with Gasteiger partial charge in [0.05, 0.1) is 11.8 Å². The molecule has 0 N–H and O–H groups in total. The zero-order valence-corrected chi connectivity index (χ0v) is 13.1. The van der Waals surface area contributed by atoms with Gasteiger partial charge in [0, 0.05) is 38.2 Å². The zero-order chi connectivity index (χ0) is 15.3. The van der Waals surface area contributed by atoms with Gasteiger partial charge in [-0.05, 0) is 37.5 Å². The first kappa shape index (κ1) is 14.0. The Kier molecular flexibility index (Phi) is 3.31. The number of hydrogen-bond donors (Lipinski definition) is 0. The predicted octanol–water partition coefficient (Wildman–Crippen LogP) is 2.03. The monoisotopic (exact) mass is 301 g/mol. The first-order valence-corrected chi connectivity index (χ1v) is 8.47. The molecule has 4 rings (SSSR count). The number of aromatic nitrogens is 2. The van der Waals surface area contributed by atoms with Gasteiger partial charge in [0.15, 0.2) is 5.78 Å². The van der Waals surface area contributed by atoms with Crippen LogP contribution in [-0.2, 0) is 11.8 Å². The van der Waals surface area contributed by atoms with Crippen molar-refractivity contribution in [1.82, 2.24) is 14.7 Å². The molecule has 2 saturated carbocycles. The van der Waals surface area contributed by atoms with Crippen LogP contribution in [0.5, 0.6) is 0 Å². The summed E-state index contributed by atoms with van der Waals surface area (Å²) in [6, 6.07) is 0.0986. The minimum Gasteiger partial charge on any atom is -0.339 e. The average Bonchev–Trinajstić information content (AvgIpc) is 2.97. The Bertz CT molecular complexity index is 599. The predicted molar refractivity (Wildman–Crippen MR) is 81.2 cm³/mol. The molecule has 4 atom stereocenters. The Labute approximate surface area is 130 Å². The Balaban J connectivity index is 1.41. The second kappa shape index (κ2) is 5.21. The van der Waals surface area contributed by atoms with Crippen molar-refractivity contribution >= 4 is 11.7 Å². The van der Waals surface area contributed by atoms with Crippen molar-refractivity contribution < 1.29 is 9.59 Å². The van der Waals surface area contributed by atoms with E-state index in [1.807, 2.05) is 11.9 Å². The quantitative estimate of drug-likeness (QED) is 0.800. The Morgan fingerprint density at radius 1 is 1.23 bits per heavy atom. The van der Waals surface area contributed by atoms with Crippen LogP contribution in [0.4, 0.5) is 0 Å². The van der Waals surface area contributed by atoms with E-state index in [-0.39, 0.29) is 17.7 Å². The van der Waals surface area contributed by atoms with E-state index in [4.69, 9.17) is 0 Å². The van der Waals surface area contributed by atoms with E-state index in [9.17, 15) is 9.59 Å². The minimum atomic E-state index is 0.0986. The van der Waals surface area contributed by atoms with E-state index in [1.54, 1.807) is 17.1 Å². The largest absolute Gasteiger partial charge is 0.339 e. The first-order chi connectivity index (χ1) is 10.6. The first-order valence-electron chi connectivity index (χ1n) is 8.47. The Morgan fingerprint density at radius 3 is 2.68 bits per heavy atom. The number of ketones is 1. The number of Topliss-reactive ketones (excluding diaryl/α,β-unsaturated/α-hetero) is 1. The number of nitrogens with zero attached hydrogens (tertiary/aromatic N) is 3. The highest BCUT2D eigenvalue weighted by molar-refractivity contribution is 5.96. The topological polar surface area (TPSA) is 55.2 Å². The van der Waals surface area contributed by atoms with Gasteiger partial charge in [0.1, 0.15) is 0 Å². The molecule has 1 aliphatic heterocycles. The van der Waals surface area contributed by atoms with Crippen molar-refractivity contribution in [2.75, 3.05) is 6.54 Å². The van der Waals surface area contributed by atoms with Gasteiger partial charge in [0.25, 0.3) is 0 Å². The van der Waals surface area contributed by atoms with Crippen LogP contribution in [0.2, 0.25) is 0 Å². The van der Waals surface area contributed by atoms with Gasteiger partial charge in [0.2, 0.25) is 5.91 Å². The summed E-state index contributed by atoms with van der Waals surface area (Å²) >= 11 is 0. The van der Waals surface area contributed by atoms with Crippen LogP contribution in [0.15, 0.2) is 12.4 Å². The third-order valence-corrected chi connectivity index (χ3v) is 5.80. The van der Waals surface area contributed by atoms with Crippen molar-refractivity contribution in [3.63, 3.8) is 0 Å². The third-order valence-electron chi connectivity index (χ3n) is 5.80. The van der Waals surface area contributed by atoms with Crippen LogP contribution in [-0.4, -0.2) is 39.0 Å². The summed E-state index contributed by atoms with van der Waals surface area (Å²) in [7, 11) is 1.81. The van der Waals surface area contributed by atoms with E-state index < -0.39 is 0 Å². The molecule has 0 radical (unpaired) electrons. The van der Waals surface area contributed by atoms with Crippen LogP contribution in [0.3, 0.4) is 0 Å². The fraction of sp³-hybridized carbons (Fsp3) is 0.706. The van der Waals surface area contributed by atoms with Crippen molar-refractivity contribution in [2.24, 2.45) is 24.8 Å². The SMILES string of the molecule is Cn1cc(C(=O)C[C@@H]2CCCN2C(=O)C2[C@H]3CCC[C@@H]23)cn1. The standard InChI is InChI=1S/C17H23N3O2/c1-19-10-11(9-18-19)15(21)8-12-4-3-7-20(12)17(22)16-13-5-2-6-14(13)16/h9-10,12-14,16H,2-8H2,1H3/t12-,13-,14+,16?/m0/s1. The van der Waals surface area contributed by atoms with Crippen LogP contribution in [0.25, 0.3) is 0 Å². The molecule has 118 valence electrons. The molecular weight excluding hydrogens is 278 g/mol. The molecule has 0 aromatic carbocycles. The molecule has 0 bridgehead atoms. The lowest BCUT2D eigenvalue weighted by atomic mass is 10.0. The van der Waals surface area contributed by atoms with E-state index in [0.29, 0.717) is 29.7 Å². The molecular formula is C17H23N3O2. The van der Waals surface area contributed by atoms with Gasteiger partial charge in [-0.2, -0.15) is 5.10 Å². The summed E-state index contributed by atoms with van der Waals surface area (Å²) < 4.78 is 1.65. The fourth-order valence-electron chi connectivity index (χ4n) is 4.61. The van der Waals surface area contributed by atoms with Crippen molar-refractivity contribution in [2.45, 2.75) is 44.6 Å². The number of amides is 1. The summed E-state index contributed by atoms with van der Waals surface area (Å²) in [5.74, 6) is 2.03. The lowest BCUT2D eigenvalue weighted by Crippen LogP contribution is -2.38. The average molecular weight is 301 g/mol. The van der Waals surface area contributed by atoms with Crippen molar-refractivity contribution in [1.29, 1.82) is 0 Å². The fourth-order valence-corrected chi connectivity index (χ4v) is 4.61. The molecule has 3 fully saturated rings. The molecule has 2 aliphatic carbocycles. The van der Waals surface area contributed by atoms with Crippen molar-refractivity contribution in [3.05, 3.63) is 18.0 Å². The second-order valence-corrected chi connectivity index (χ2v) is 7.14. The smallest absolute Gasteiger partial charge is 0.226 e. The molecule has 5 heteroatoms. The van der Waals surface area contributed by atoms with Gasteiger partial charge in [-0.15, -0.1) is 0 Å². The van der Waals surface area contributed by atoms with Gasteiger partial charge in [-0.1, -0.05) is 6.42 Å². The molecule has 0 spiro atoms. The van der Waals surface area contributed by atoms with E-state index >= 15 is 0 Å². The number of carbonyl (C=O) groups excluding carboxylic acids is 2. The molecule has 1 unspecified atom stereocenters. The number of likely N-dealkylation sites (tertiary alicyclic amines) is 1. The normalized spacial score (nSPS) is 33.0. The van der Waals surface area contributed by atoms with Crippen LogP contribution in [0, 0.1) is 17.8 Å². The van der Waals surface area contributed by atoms with Crippen LogP contribution in [0.1, 0.15) is 48.9 Å². The maximum atomic E-state index is 12.8. The zero-order valence-electron chi connectivity index (χ0n) is 13.1. The van der Waals surface area contributed by atoms with Crippen LogP contribution >= 0.6 is 0 Å². The number of fused-ring (bicyclic) bond motifs is 1. The molecule has 1 aromatic rings. The highest BCUT2D eigenvalue weighted by Crippen LogP contribution is 2.58. The third kappa shape index (κ3) is 2.27. The molecule has 1 saturated heterocycles. The van der Waals surface area contributed by atoms with Gasteiger partial charge >= 0.3 is 0 Å². The summed E-state index contributed by atoms with van der Waals surface area (Å²) in [6.45, 7) is 0.833. The molecule has 3 aliphatic rings. The van der Waals surface area contributed by atoms with E-state index in [1.165, 1.54) is 19.3 Å². The second-order valence-electron chi connectivity index (χ2n) is 7.14. The van der Waals surface area contributed by atoms with Crippen molar-refractivity contribution in [3.8, 4) is 0 Å². The maximum absolute atomic E-state index is 12.8. The number of rotatable bonds is 4. The van der Waals surface area contributed by atoms with Gasteiger partial charge in [-0.25, -0.2) is 0 Å². The molecule has 22 heavy (non-hydrogen) atoms. The highest BCUT2D eigenvalue weighted by atomic mass is 16.2. The van der Waals surface area contributed by atoms with E-state index in [0.717, 1.165) is 19.4 Å². The van der Waals surface area contributed by atoms with Gasteiger partial charge in [-0.3, -0.25) is 14.3 Å². The maximum Gasteiger partial charge on any atom is 0.226 e. The highest BCUT2D eigenvalue weighted by Gasteiger charge is 2.58. The molecule has 2 heterocycles. The molecule has 1 amide bonds. The minimum absolute atomic E-state index is 0.0986. The Morgan fingerprint density at radius 2 is 2.00 bits per heavy atom. The lowest BCUT2D eigenvalue weighted by Gasteiger charge is -2.25. The number of hydrogen-bond acceptors (Lipinski definition) is 3. The Hall–Kier alpha value is -1.65. The molecule has 1 aromatic heterocycles. The summed E-state index contributed by atoms with van der Waals surface area (Å²) in [4.78, 5) is 27.1. The number of aryl methyl sites for hydroxylation is 1. The number of carbonyl (C=O) groups is 2. The summed E-state index contributed by atoms with van der Waals surface area (Å²) in [6.07, 6.45) is 9.56. The van der Waals surface area contributed by atoms with Crippen LogP contribution < -0.4 is 0 Å². The summed E-state index contributed by atoms with van der Waals surface area (Å²) in [5.41, 5.74) is 0.657. The van der Waals surface area contributed by atoms with Gasteiger partial charge < -0.3 is 4.90 Å². The molecule has 5 nitrogen and oxygen atoms in total.